The molecule has 0 saturated carbocycles. The first kappa shape index (κ1) is 18.3. The molecular weight excluding hydrogens is 291 g/mol. The summed E-state index contributed by atoms with van der Waals surface area (Å²) in [5.41, 5.74) is 5.24. The van der Waals surface area contributed by atoms with Crippen molar-refractivity contribution < 1.29 is 24.1 Å². The minimum absolute atomic E-state index is 0.162. The summed E-state index contributed by atoms with van der Waals surface area (Å²) in [7, 11) is 0. The highest BCUT2D eigenvalue weighted by atomic mass is 19.1. The van der Waals surface area contributed by atoms with Gasteiger partial charge < -0.3 is 26.0 Å². The van der Waals surface area contributed by atoms with Crippen LogP contribution in [-0.2, 0) is 11.2 Å². The summed E-state index contributed by atoms with van der Waals surface area (Å²) in [4.78, 5) is 11.8. The molecule has 7 heteroatoms. The van der Waals surface area contributed by atoms with Crippen molar-refractivity contribution in [2.24, 2.45) is 5.73 Å². The molecular formula is C15H23FN2O4. The lowest BCUT2D eigenvalue weighted by Crippen LogP contribution is -2.53. The molecule has 0 spiro atoms. The molecule has 1 aromatic rings. The molecule has 0 bridgehead atoms. The Morgan fingerprint density at radius 1 is 1.32 bits per heavy atom. The minimum Gasteiger partial charge on any atom is -0.444 e. The van der Waals surface area contributed by atoms with Gasteiger partial charge in [0.25, 0.3) is 0 Å². The summed E-state index contributed by atoms with van der Waals surface area (Å²) in [5.74, 6) is -0.389. The zero-order valence-corrected chi connectivity index (χ0v) is 12.9. The number of ether oxygens (including phenoxy) is 1. The first-order valence-electron chi connectivity index (χ1n) is 6.94. The SMILES string of the molecule is CC(C)(C)OC(=O)N[C@@H](Cc1ccc(F)cc1)C(O)C(N)O. The van der Waals surface area contributed by atoms with E-state index < -0.39 is 30.1 Å². The molecule has 124 valence electrons. The molecule has 0 fully saturated rings. The number of alkyl carbamates (subject to hydrolysis) is 1. The van der Waals surface area contributed by atoms with Crippen molar-refractivity contribution in [2.45, 2.75) is 51.2 Å². The molecule has 3 atom stereocenters. The number of nitrogens with two attached hydrogens (primary N) is 1. The average molecular weight is 314 g/mol. The van der Waals surface area contributed by atoms with Crippen LogP contribution in [0.3, 0.4) is 0 Å². The van der Waals surface area contributed by atoms with Gasteiger partial charge in [0.15, 0.2) is 0 Å². The van der Waals surface area contributed by atoms with Crippen molar-refractivity contribution >= 4 is 6.09 Å². The van der Waals surface area contributed by atoms with Gasteiger partial charge in [0.2, 0.25) is 0 Å². The van der Waals surface area contributed by atoms with Crippen LogP contribution in [0.5, 0.6) is 0 Å². The number of amides is 1. The van der Waals surface area contributed by atoms with Gasteiger partial charge in [-0.1, -0.05) is 12.1 Å². The van der Waals surface area contributed by atoms with Crippen LogP contribution in [0.25, 0.3) is 0 Å². The smallest absolute Gasteiger partial charge is 0.407 e. The Morgan fingerprint density at radius 2 is 1.86 bits per heavy atom. The predicted molar refractivity (Wildman–Crippen MR) is 79.5 cm³/mol. The molecule has 6 nitrogen and oxygen atoms in total. The molecule has 0 heterocycles. The van der Waals surface area contributed by atoms with E-state index in [-0.39, 0.29) is 12.2 Å². The molecule has 0 aromatic heterocycles. The van der Waals surface area contributed by atoms with Crippen molar-refractivity contribution in [2.75, 3.05) is 0 Å². The summed E-state index contributed by atoms with van der Waals surface area (Å²) in [6.45, 7) is 5.11. The van der Waals surface area contributed by atoms with E-state index in [2.05, 4.69) is 5.32 Å². The van der Waals surface area contributed by atoms with Crippen molar-refractivity contribution in [1.29, 1.82) is 0 Å². The molecule has 1 rings (SSSR count). The number of hydrogen-bond donors (Lipinski definition) is 4. The number of hydrogen-bond acceptors (Lipinski definition) is 5. The molecule has 0 radical (unpaired) electrons. The van der Waals surface area contributed by atoms with Crippen LogP contribution in [0.2, 0.25) is 0 Å². The van der Waals surface area contributed by atoms with Crippen LogP contribution >= 0.6 is 0 Å². The lowest BCUT2D eigenvalue weighted by molar-refractivity contribution is -0.00579. The second-order valence-corrected chi connectivity index (χ2v) is 6.06. The van der Waals surface area contributed by atoms with E-state index in [4.69, 9.17) is 10.5 Å². The Bertz CT molecular complexity index is 485. The number of halogens is 1. The largest absolute Gasteiger partial charge is 0.444 e. The topological polar surface area (TPSA) is 105 Å². The fourth-order valence-corrected chi connectivity index (χ4v) is 1.83. The quantitative estimate of drug-likeness (QED) is 0.604. The van der Waals surface area contributed by atoms with Crippen LogP contribution in [-0.4, -0.2) is 40.3 Å². The van der Waals surface area contributed by atoms with E-state index >= 15 is 0 Å². The Labute approximate surface area is 129 Å². The Hall–Kier alpha value is -1.70. The third-order valence-corrected chi connectivity index (χ3v) is 2.83. The average Bonchev–Trinajstić information content (AvgIpc) is 2.37. The highest BCUT2D eigenvalue weighted by Gasteiger charge is 2.28. The van der Waals surface area contributed by atoms with Gasteiger partial charge in [0.1, 0.15) is 23.8 Å². The number of carbonyl (C=O) groups is 1. The molecule has 0 aliphatic rings. The first-order valence-corrected chi connectivity index (χ1v) is 6.94. The number of carbonyl (C=O) groups excluding carboxylic acids is 1. The fourth-order valence-electron chi connectivity index (χ4n) is 1.83. The number of aliphatic hydroxyl groups excluding tert-OH is 2. The number of aliphatic hydroxyl groups is 2. The van der Waals surface area contributed by atoms with Gasteiger partial charge in [-0.25, -0.2) is 9.18 Å². The van der Waals surface area contributed by atoms with Gasteiger partial charge >= 0.3 is 6.09 Å². The van der Waals surface area contributed by atoms with Gasteiger partial charge in [0.05, 0.1) is 6.04 Å². The maximum atomic E-state index is 12.9. The predicted octanol–water partition coefficient (Wildman–Crippen LogP) is 0.900. The Kier molecular flexibility index (Phi) is 6.28. The minimum atomic E-state index is -1.53. The van der Waals surface area contributed by atoms with E-state index in [1.54, 1.807) is 20.8 Å². The highest BCUT2D eigenvalue weighted by Crippen LogP contribution is 2.11. The van der Waals surface area contributed by atoms with E-state index in [0.717, 1.165) is 0 Å². The van der Waals surface area contributed by atoms with Gasteiger partial charge in [-0.15, -0.1) is 0 Å². The van der Waals surface area contributed by atoms with Crippen molar-refractivity contribution in [3.8, 4) is 0 Å². The molecule has 1 aromatic carbocycles. The standard InChI is InChI=1S/C15H23FN2O4/c1-15(2,3)22-14(21)18-11(12(19)13(17)20)8-9-4-6-10(16)7-5-9/h4-7,11-13,19-20H,8,17H2,1-3H3,(H,18,21)/t11-,12?,13?/m0/s1. The first-order chi connectivity index (χ1) is 10.1. The number of nitrogens with one attached hydrogen (secondary N) is 1. The van der Waals surface area contributed by atoms with Crippen molar-refractivity contribution in [3.05, 3.63) is 35.6 Å². The fraction of sp³-hybridized carbons (Fsp3) is 0.533. The highest BCUT2D eigenvalue weighted by molar-refractivity contribution is 5.68. The van der Waals surface area contributed by atoms with Crippen LogP contribution < -0.4 is 11.1 Å². The van der Waals surface area contributed by atoms with Gasteiger partial charge in [0, 0.05) is 0 Å². The summed E-state index contributed by atoms with van der Waals surface area (Å²) < 4.78 is 18.0. The molecule has 0 aliphatic heterocycles. The normalized spacial score (nSPS) is 15.8. The number of rotatable bonds is 5. The second kappa shape index (κ2) is 7.53. The van der Waals surface area contributed by atoms with Crippen LogP contribution in [0.15, 0.2) is 24.3 Å². The molecule has 22 heavy (non-hydrogen) atoms. The van der Waals surface area contributed by atoms with Crippen LogP contribution in [0, 0.1) is 5.82 Å². The summed E-state index contributed by atoms with van der Waals surface area (Å²) in [5, 5.41) is 21.7. The van der Waals surface area contributed by atoms with Crippen molar-refractivity contribution in [3.63, 3.8) is 0 Å². The van der Waals surface area contributed by atoms with E-state index in [0.29, 0.717) is 5.56 Å². The summed E-state index contributed by atoms with van der Waals surface area (Å²) >= 11 is 0. The molecule has 5 N–H and O–H groups in total. The Morgan fingerprint density at radius 3 is 2.32 bits per heavy atom. The third kappa shape index (κ3) is 6.38. The summed E-state index contributed by atoms with van der Waals surface area (Å²) in [6.07, 6.45) is -3.49. The maximum Gasteiger partial charge on any atom is 0.407 e. The van der Waals surface area contributed by atoms with E-state index in [1.807, 2.05) is 0 Å². The zero-order valence-electron chi connectivity index (χ0n) is 12.9. The lowest BCUT2D eigenvalue weighted by Gasteiger charge is -2.28. The van der Waals surface area contributed by atoms with Gasteiger partial charge in [-0.05, 0) is 44.9 Å². The number of benzene rings is 1. The molecule has 0 saturated heterocycles. The maximum absolute atomic E-state index is 12.9. The third-order valence-electron chi connectivity index (χ3n) is 2.83. The van der Waals surface area contributed by atoms with Crippen LogP contribution in [0.1, 0.15) is 26.3 Å². The van der Waals surface area contributed by atoms with Gasteiger partial charge in [-0.3, -0.25) is 0 Å². The monoisotopic (exact) mass is 314 g/mol. The lowest BCUT2D eigenvalue weighted by atomic mass is 10.0. The van der Waals surface area contributed by atoms with Crippen molar-refractivity contribution in [1.82, 2.24) is 5.32 Å². The summed E-state index contributed by atoms with van der Waals surface area (Å²) in [6, 6.07) is 4.71. The van der Waals surface area contributed by atoms with E-state index in [9.17, 15) is 19.4 Å². The van der Waals surface area contributed by atoms with E-state index in [1.165, 1.54) is 24.3 Å². The molecule has 1 amide bonds. The van der Waals surface area contributed by atoms with Crippen LogP contribution in [0.4, 0.5) is 9.18 Å². The molecule has 0 aliphatic carbocycles. The second-order valence-electron chi connectivity index (χ2n) is 6.06. The van der Waals surface area contributed by atoms with Gasteiger partial charge in [-0.2, -0.15) is 0 Å². The Balaban J connectivity index is 2.80. The molecule has 2 unspecified atom stereocenters. The zero-order chi connectivity index (χ0) is 16.9.